The molecule has 1 fully saturated rings. The van der Waals surface area contributed by atoms with E-state index in [2.05, 4.69) is 0 Å². The Kier molecular flexibility index (Phi) is 4.79. The van der Waals surface area contributed by atoms with E-state index in [0.29, 0.717) is 31.2 Å². The number of carboxylic acids is 1. The first kappa shape index (κ1) is 14.6. The Hall–Kier alpha value is -1.82. The molecule has 1 aliphatic heterocycles. The number of nitrogens with zero attached hydrogens (tertiary/aromatic N) is 1. The maximum Gasteiger partial charge on any atom is 0.303 e. The second-order valence-corrected chi connectivity index (χ2v) is 5.03. The highest BCUT2D eigenvalue weighted by Gasteiger charge is 2.26. The number of amides is 1. The molecule has 0 aliphatic carbocycles. The zero-order chi connectivity index (χ0) is 14.5. The van der Waals surface area contributed by atoms with Crippen molar-refractivity contribution in [3.63, 3.8) is 0 Å². The summed E-state index contributed by atoms with van der Waals surface area (Å²) in [5.74, 6) is 0.189. The van der Waals surface area contributed by atoms with Crippen LogP contribution in [0.25, 0.3) is 0 Å². The summed E-state index contributed by atoms with van der Waals surface area (Å²) in [7, 11) is 1.57. The van der Waals surface area contributed by atoms with Gasteiger partial charge in [-0.05, 0) is 30.9 Å². The normalized spacial score (nSPS) is 16.4. The molecule has 2 heterocycles. The Balaban J connectivity index is 1.89. The van der Waals surface area contributed by atoms with Gasteiger partial charge in [0.2, 0.25) is 0 Å². The second kappa shape index (κ2) is 6.56. The molecule has 20 heavy (non-hydrogen) atoms. The minimum atomic E-state index is -0.773. The number of hydrogen-bond acceptors (Lipinski definition) is 4. The highest BCUT2D eigenvalue weighted by Crippen LogP contribution is 2.22. The monoisotopic (exact) mass is 281 g/mol. The Bertz CT molecular complexity index is 474. The van der Waals surface area contributed by atoms with E-state index in [4.69, 9.17) is 14.3 Å². The molecule has 0 radical (unpaired) electrons. The summed E-state index contributed by atoms with van der Waals surface area (Å²) in [5.41, 5.74) is 0. The lowest BCUT2D eigenvalue weighted by molar-refractivity contribution is -0.138. The van der Waals surface area contributed by atoms with Crippen molar-refractivity contribution in [2.24, 2.45) is 5.92 Å². The van der Waals surface area contributed by atoms with Crippen LogP contribution in [0.2, 0.25) is 0 Å². The minimum Gasteiger partial charge on any atom is -0.481 e. The van der Waals surface area contributed by atoms with Crippen molar-refractivity contribution < 1.29 is 23.8 Å². The third-order valence-corrected chi connectivity index (χ3v) is 3.52. The highest BCUT2D eigenvalue weighted by molar-refractivity contribution is 5.91. The van der Waals surface area contributed by atoms with Crippen LogP contribution in [0, 0.1) is 5.92 Å². The average molecular weight is 281 g/mol. The molecule has 0 unspecified atom stereocenters. The maximum absolute atomic E-state index is 12.2. The van der Waals surface area contributed by atoms with Gasteiger partial charge in [0.15, 0.2) is 5.76 Å². The van der Waals surface area contributed by atoms with Crippen molar-refractivity contribution in [2.45, 2.75) is 25.9 Å². The molecule has 6 heteroatoms. The van der Waals surface area contributed by atoms with Crippen LogP contribution in [0.5, 0.6) is 0 Å². The van der Waals surface area contributed by atoms with E-state index in [1.807, 2.05) is 0 Å². The molecule has 0 bridgehead atoms. The molecule has 1 saturated heterocycles. The molecule has 1 amide bonds. The Morgan fingerprint density at radius 2 is 2.10 bits per heavy atom. The zero-order valence-corrected chi connectivity index (χ0v) is 11.5. The summed E-state index contributed by atoms with van der Waals surface area (Å²) >= 11 is 0. The van der Waals surface area contributed by atoms with Gasteiger partial charge < -0.3 is 19.2 Å². The molecular weight excluding hydrogens is 262 g/mol. The number of carbonyl (C=O) groups is 2. The first-order valence-electron chi connectivity index (χ1n) is 6.69. The summed E-state index contributed by atoms with van der Waals surface area (Å²) < 4.78 is 10.4. The lowest BCUT2D eigenvalue weighted by Gasteiger charge is -2.30. The fourth-order valence-corrected chi connectivity index (χ4v) is 2.46. The number of methoxy groups -OCH3 is 1. The number of carbonyl (C=O) groups excluding carboxylic acids is 1. The zero-order valence-electron chi connectivity index (χ0n) is 11.5. The molecular formula is C14H19NO5. The number of carboxylic acid groups (broad SMARTS) is 1. The third-order valence-electron chi connectivity index (χ3n) is 3.52. The van der Waals surface area contributed by atoms with E-state index < -0.39 is 5.97 Å². The predicted molar refractivity (Wildman–Crippen MR) is 70.3 cm³/mol. The van der Waals surface area contributed by atoms with E-state index >= 15 is 0 Å². The van der Waals surface area contributed by atoms with Crippen molar-refractivity contribution in [3.05, 3.63) is 23.7 Å². The quantitative estimate of drug-likeness (QED) is 0.889. The molecule has 1 N–H and O–H groups in total. The summed E-state index contributed by atoms with van der Waals surface area (Å²) in [4.78, 5) is 24.6. The number of likely N-dealkylation sites (tertiary alicyclic amines) is 1. The summed E-state index contributed by atoms with van der Waals surface area (Å²) in [5, 5.41) is 8.76. The molecule has 110 valence electrons. The molecule has 1 aliphatic rings. The van der Waals surface area contributed by atoms with Crippen LogP contribution in [0.4, 0.5) is 0 Å². The highest BCUT2D eigenvalue weighted by atomic mass is 16.5. The van der Waals surface area contributed by atoms with Gasteiger partial charge >= 0.3 is 5.97 Å². The van der Waals surface area contributed by atoms with Gasteiger partial charge in [0.1, 0.15) is 12.4 Å². The number of ether oxygens (including phenoxy) is 1. The minimum absolute atomic E-state index is 0.138. The molecule has 1 aromatic rings. The van der Waals surface area contributed by atoms with E-state index in [1.165, 1.54) is 0 Å². The van der Waals surface area contributed by atoms with Gasteiger partial charge in [-0.3, -0.25) is 9.59 Å². The van der Waals surface area contributed by atoms with Crippen molar-refractivity contribution in [2.75, 3.05) is 20.2 Å². The van der Waals surface area contributed by atoms with Gasteiger partial charge in [-0.1, -0.05) is 0 Å². The van der Waals surface area contributed by atoms with Crippen molar-refractivity contribution in [3.8, 4) is 0 Å². The average Bonchev–Trinajstić information content (AvgIpc) is 2.87. The van der Waals surface area contributed by atoms with Crippen LogP contribution in [0.1, 0.15) is 35.6 Å². The van der Waals surface area contributed by atoms with Crippen molar-refractivity contribution in [1.82, 2.24) is 4.90 Å². The second-order valence-electron chi connectivity index (χ2n) is 5.03. The number of rotatable bonds is 5. The van der Waals surface area contributed by atoms with E-state index in [-0.39, 0.29) is 18.2 Å². The van der Waals surface area contributed by atoms with Crippen LogP contribution < -0.4 is 0 Å². The van der Waals surface area contributed by atoms with Crippen LogP contribution in [0.15, 0.2) is 16.5 Å². The van der Waals surface area contributed by atoms with Gasteiger partial charge in [-0.15, -0.1) is 0 Å². The molecule has 1 aromatic heterocycles. The Morgan fingerprint density at radius 3 is 2.70 bits per heavy atom. The fraction of sp³-hybridized carbons (Fsp3) is 0.571. The lowest BCUT2D eigenvalue weighted by atomic mass is 9.93. The molecule has 0 atom stereocenters. The van der Waals surface area contributed by atoms with E-state index in [9.17, 15) is 9.59 Å². The molecule has 6 nitrogen and oxygen atoms in total. The first-order chi connectivity index (χ1) is 9.60. The number of furan rings is 1. The lowest BCUT2D eigenvalue weighted by Crippen LogP contribution is -2.38. The number of hydrogen-bond donors (Lipinski definition) is 1. The maximum atomic E-state index is 12.2. The number of aliphatic carboxylic acids is 1. The summed E-state index contributed by atoms with van der Waals surface area (Å²) in [6.45, 7) is 1.50. The standard InChI is InChI=1S/C14H19NO5/c1-19-9-11-2-3-12(20-11)14(18)15-6-4-10(5-7-15)8-13(16)17/h2-3,10H,4-9H2,1H3,(H,16,17). The Labute approximate surface area is 117 Å². The topological polar surface area (TPSA) is 80.0 Å². The van der Waals surface area contributed by atoms with Crippen LogP contribution in [0.3, 0.4) is 0 Å². The van der Waals surface area contributed by atoms with Gasteiger partial charge in [0.25, 0.3) is 5.91 Å². The van der Waals surface area contributed by atoms with Gasteiger partial charge in [-0.25, -0.2) is 0 Å². The van der Waals surface area contributed by atoms with Crippen molar-refractivity contribution in [1.29, 1.82) is 0 Å². The smallest absolute Gasteiger partial charge is 0.303 e. The van der Waals surface area contributed by atoms with Crippen LogP contribution in [-0.2, 0) is 16.1 Å². The fourth-order valence-electron chi connectivity index (χ4n) is 2.46. The SMILES string of the molecule is COCc1ccc(C(=O)N2CCC(CC(=O)O)CC2)o1. The molecule has 0 spiro atoms. The first-order valence-corrected chi connectivity index (χ1v) is 6.69. The molecule has 0 aromatic carbocycles. The summed E-state index contributed by atoms with van der Waals surface area (Å²) in [6.07, 6.45) is 1.63. The van der Waals surface area contributed by atoms with Gasteiger partial charge in [0.05, 0.1) is 0 Å². The summed E-state index contributed by atoms with van der Waals surface area (Å²) in [6, 6.07) is 3.38. The van der Waals surface area contributed by atoms with Crippen LogP contribution in [-0.4, -0.2) is 42.1 Å². The molecule has 0 saturated carbocycles. The number of piperidine rings is 1. The largest absolute Gasteiger partial charge is 0.481 e. The Morgan fingerprint density at radius 1 is 1.40 bits per heavy atom. The predicted octanol–water partition coefficient (Wildman–Crippen LogP) is 1.75. The third kappa shape index (κ3) is 3.60. The van der Waals surface area contributed by atoms with Gasteiger partial charge in [-0.2, -0.15) is 0 Å². The van der Waals surface area contributed by atoms with Gasteiger partial charge in [0, 0.05) is 26.6 Å². The molecule has 2 rings (SSSR count). The van der Waals surface area contributed by atoms with Crippen molar-refractivity contribution >= 4 is 11.9 Å². The van der Waals surface area contributed by atoms with Crippen LogP contribution >= 0.6 is 0 Å². The van der Waals surface area contributed by atoms with E-state index in [0.717, 1.165) is 12.8 Å². The van der Waals surface area contributed by atoms with E-state index in [1.54, 1.807) is 24.1 Å².